The van der Waals surface area contributed by atoms with Crippen molar-refractivity contribution >= 4 is 9.84 Å². The van der Waals surface area contributed by atoms with Gasteiger partial charge in [-0.2, -0.15) is 0 Å². The highest BCUT2D eigenvalue weighted by molar-refractivity contribution is 7.91. The molecule has 0 radical (unpaired) electrons. The molecular weight excluding hydrogens is 279 g/mol. The number of aromatic nitrogens is 1. The monoisotopic (exact) mass is 294 g/mol. The number of hydrogen-bond donors (Lipinski definition) is 1. The highest BCUT2D eigenvalue weighted by Crippen LogP contribution is 2.28. The molecule has 0 saturated carbocycles. The van der Waals surface area contributed by atoms with Crippen LogP contribution >= 0.6 is 0 Å². The van der Waals surface area contributed by atoms with E-state index in [1.807, 2.05) is 0 Å². The highest BCUT2D eigenvalue weighted by atomic mass is 32.2. The molecule has 2 N–H and O–H groups in total. The molecule has 1 unspecified atom stereocenters. The molecule has 0 bridgehead atoms. The molecule has 1 aromatic heterocycles. The minimum atomic E-state index is -3.68. The average Bonchev–Trinajstić information content (AvgIpc) is 2.43. The first-order valence-electron chi connectivity index (χ1n) is 6.07. The summed E-state index contributed by atoms with van der Waals surface area (Å²) in [5, 5.41) is -0.888. The van der Waals surface area contributed by atoms with E-state index in [-0.39, 0.29) is 17.0 Å². The minimum Gasteiger partial charge on any atom is -0.329 e. The van der Waals surface area contributed by atoms with Crippen LogP contribution in [0, 0.1) is 12.7 Å². The number of nitrogens with two attached hydrogens (primary N) is 1. The molecule has 2 aromatic rings. The minimum absolute atomic E-state index is 0.0650. The fourth-order valence-corrected chi connectivity index (χ4v) is 3.65. The van der Waals surface area contributed by atoms with Gasteiger partial charge in [0.25, 0.3) is 0 Å². The summed E-state index contributed by atoms with van der Waals surface area (Å²) in [4.78, 5) is 3.98. The number of halogens is 1. The number of rotatable bonds is 4. The van der Waals surface area contributed by atoms with E-state index in [9.17, 15) is 12.8 Å². The number of benzene rings is 1. The highest BCUT2D eigenvalue weighted by Gasteiger charge is 2.28. The summed E-state index contributed by atoms with van der Waals surface area (Å²) in [7, 11) is -3.68. The molecule has 1 heterocycles. The second-order valence-electron chi connectivity index (χ2n) is 4.47. The maximum Gasteiger partial charge on any atom is 0.186 e. The smallest absolute Gasteiger partial charge is 0.186 e. The van der Waals surface area contributed by atoms with Gasteiger partial charge >= 0.3 is 0 Å². The Kier molecular flexibility index (Phi) is 4.15. The summed E-state index contributed by atoms with van der Waals surface area (Å²) in [5.74, 6) is -0.436. The van der Waals surface area contributed by atoms with Crippen molar-refractivity contribution in [3.8, 4) is 0 Å². The molecule has 0 aliphatic rings. The third kappa shape index (κ3) is 2.71. The van der Waals surface area contributed by atoms with Crippen LogP contribution in [0.3, 0.4) is 0 Å². The van der Waals surface area contributed by atoms with Crippen LogP contribution < -0.4 is 5.73 Å². The third-order valence-corrected chi connectivity index (χ3v) is 5.23. The van der Waals surface area contributed by atoms with Crippen LogP contribution in [-0.2, 0) is 9.84 Å². The lowest BCUT2D eigenvalue weighted by Crippen LogP contribution is -2.22. The molecule has 0 saturated heterocycles. The van der Waals surface area contributed by atoms with Crippen LogP contribution in [0.1, 0.15) is 16.4 Å². The molecule has 0 spiro atoms. The normalized spacial score (nSPS) is 13.2. The van der Waals surface area contributed by atoms with Gasteiger partial charge in [0.1, 0.15) is 11.1 Å². The molecule has 20 heavy (non-hydrogen) atoms. The third-order valence-electron chi connectivity index (χ3n) is 3.10. The van der Waals surface area contributed by atoms with Crippen molar-refractivity contribution in [1.82, 2.24) is 4.98 Å². The Morgan fingerprint density at radius 1 is 1.35 bits per heavy atom. The topological polar surface area (TPSA) is 73.0 Å². The van der Waals surface area contributed by atoms with E-state index >= 15 is 0 Å². The van der Waals surface area contributed by atoms with E-state index in [0.29, 0.717) is 5.56 Å². The lowest BCUT2D eigenvalue weighted by molar-refractivity contribution is 0.580. The van der Waals surface area contributed by atoms with Gasteiger partial charge in [0.2, 0.25) is 0 Å². The van der Waals surface area contributed by atoms with Crippen molar-refractivity contribution in [2.24, 2.45) is 5.73 Å². The molecule has 106 valence electrons. The van der Waals surface area contributed by atoms with Crippen molar-refractivity contribution < 1.29 is 12.8 Å². The number of nitrogens with zero attached hydrogens (tertiary/aromatic N) is 1. The lowest BCUT2D eigenvalue weighted by atomic mass is 10.2. The second-order valence-corrected chi connectivity index (χ2v) is 6.60. The van der Waals surface area contributed by atoms with E-state index in [2.05, 4.69) is 4.98 Å². The van der Waals surface area contributed by atoms with Gasteiger partial charge in [-0.05, 0) is 42.3 Å². The van der Waals surface area contributed by atoms with Crippen LogP contribution in [0.4, 0.5) is 4.39 Å². The van der Waals surface area contributed by atoms with Gasteiger partial charge in [-0.15, -0.1) is 0 Å². The van der Waals surface area contributed by atoms with Gasteiger partial charge in [0, 0.05) is 18.9 Å². The van der Waals surface area contributed by atoms with Crippen molar-refractivity contribution in [3.05, 3.63) is 59.7 Å². The maximum atomic E-state index is 13.3. The Labute approximate surface area is 117 Å². The van der Waals surface area contributed by atoms with Gasteiger partial charge in [-0.1, -0.05) is 6.07 Å². The maximum absolute atomic E-state index is 13.3. The van der Waals surface area contributed by atoms with Crippen LogP contribution in [0.15, 0.2) is 47.6 Å². The Hall–Kier alpha value is -1.79. The fourth-order valence-electron chi connectivity index (χ4n) is 1.97. The van der Waals surface area contributed by atoms with Gasteiger partial charge < -0.3 is 5.73 Å². The van der Waals surface area contributed by atoms with E-state index in [1.54, 1.807) is 18.3 Å². The van der Waals surface area contributed by atoms with Crippen LogP contribution in [0.5, 0.6) is 0 Å². The molecule has 0 fully saturated rings. The molecule has 4 nitrogen and oxygen atoms in total. The Bertz CT molecular complexity index is 702. The van der Waals surface area contributed by atoms with E-state index in [4.69, 9.17) is 5.73 Å². The van der Waals surface area contributed by atoms with Gasteiger partial charge in [-0.25, -0.2) is 12.8 Å². The Balaban J connectivity index is 2.50. The first kappa shape index (κ1) is 14.6. The van der Waals surface area contributed by atoms with Gasteiger partial charge in [0.05, 0.1) is 4.90 Å². The molecular formula is C14H15FN2O2S. The predicted molar refractivity (Wildman–Crippen MR) is 74.4 cm³/mol. The van der Waals surface area contributed by atoms with Crippen molar-refractivity contribution in [1.29, 1.82) is 0 Å². The average molecular weight is 294 g/mol. The van der Waals surface area contributed by atoms with Crippen LogP contribution in [0.2, 0.25) is 0 Å². The fraction of sp³-hybridized carbons (Fsp3) is 0.214. The van der Waals surface area contributed by atoms with Gasteiger partial charge in [-0.3, -0.25) is 4.98 Å². The van der Waals surface area contributed by atoms with E-state index in [0.717, 1.165) is 6.07 Å². The summed E-state index contributed by atoms with van der Waals surface area (Å²) >= 11 is 0. The van der Waals surface area contributed by atoms with Crippen molar-refractivity contribution in [3.63, 3.8) is 0 Å². The SMILES string of the molecule is Cc1cc(S(=O)(=O)C(CN)c2cccnc2)ccc1F. The van der Waals surface area contributed by atoms with E-state index in [1.165, 1.54) is 25.3 Å². The second kappa shape index (κ2) is 5.68. The summed E-state index contributed by atoms with van der Waals surface area (Å²) in [5.41, 5.74) is 6.43. The zero-order chi connectivity index (χ0) is 14.8. The summed E-state index contributed by atoms with van der Waals surface area (Å²) in [6, 6.07) is 7.06. The predicted octanol–water partition coefficient (Wildman–Crippen LogP) is 2.00. The first-order chi connectivity index (χ1) is 9.46. The standard InChI is InChI=1S/C14H15FN2O2S/c1-10-7-12(4-5-13(10)15)20(18,19)14(8-16)11-3-2-6-17-9-11/h2-7,9,14H,8,16H2,1H3. The molecule has 0 amide bonds. The van der Waals surface area contributed by atoms with Crippen LogP contribution in [-0.4, -0.2) is 19.9 Å². The van der Waals surface area contributed by atoms with Crippen LogP contribution in [0.25, 0.3) is 0 Å². The number of hydrogen-bond acceptors (Lipinski definition) is 4. The summed E-state index contributed by atoms with van der Waals surface area (Å²) in [6.07, 6.45) is 3.04. The first-order valence-corrected chi connectivity index (χ1v) is 7.61. The molecule has 0 aliphatic heterocycles. The number of sulfone groups is 1. The van der Waals surface area contributed by atoms with Crippen molar-refractivity contribution in [2.75, 3.05) is 6.54 Å². The molecule has 6 heteroatoms. The Morgan fingerprint density at radius 2 is 2.10 bits per heavy atom. The van der Waals surface area contributed by atoms with E-state index < -0.39 is 20.9 Å². The van der Waals surface area contributed by atoms with Gasteiger partial charge in [0.15, 0.2) is 9.84 Å². The molecule has 2 rings (SSSR count). The summed E-state index contributed by atoms with van der Waals surface area (Å²) < 4.78 is 38.5. The van der Waals surface area contributed by atoms with Crippen molar-refractivity contribution in [2.45, 2.75) is 17.1 Å². The largest absolute Gasteiger partial charge is 0.329 e. The lowest BCUT2D eigenvalue weighted by Gasteiger charge is -2.16. The Morgan fingerprint density at radius 3 is 2.65 bits per heavy atom. The molecule has 1 atom stereocenters. The number of pyridine rings is 1. The zero-order valence-electron chi connectivity index (χ0n) is 11.0. The number of aryl methyl sites for hydroxylation is 1. The molecule has 0 aliphatic carbocycles. The zero-order valence-corrected chi connectivity index (χ0v) is 11.8. The summed E-state index contributed by atoms with van der Waals surface area (Å²) in [6.45, 7) is 1.46. The molecule has 1 aromatic carbocycles. The quantitative estimate of drug-likeness (QED) is 0.875.